The van der Waals surface area contributed by atoms with E-state index in [0.717, 1.165) is 5.69 Å². The molecule has 1 rings (SSSR count). The molecular weight excluding hydrogens is 308 g/mol. The van der Waals surface area contributed by atoms with Crippen molar-refractivity contribution in [3.63, 3.8) is 0 Å². The Labute approximate surface area is 141 Å². The van der Waals surface area contributed by atoms with Gasteiger partial charge < -0.3 is 5.32 Å². The molecule has 128 valence electrons. The number of para-hydroxylation sites is 1. The minimum Gasteiger partial charge on any atom is -0.338 e. The third kappa shape index (κ3) is 7.01. The topological polar surface area (TPSA) is 91.2 Å². The maximum absolute atomic E-state index is 12.5. The van der Waals surface area contributed by atoms with Gasteiger partial charge in [0, 0.05) is 18.8 Å². The molecule has 0 radical (unpaired) electrons. The highest BCUT2D eigenvalue weighted by molar-refractivity contribution is 5.91. The van der Waals surface area contributed by atoms with Crippen molar-refractivity contribution in [2.45, 2.75) is 38.8 Å². The zero-order chi connectivity index (χ0) is 17.8. The third-order valence-electron chi connectivity index (χ3n) is 3.47. The highest BCUT2D eigenvalue weighted by Gasteiger charge is 2.16. The van der Waals surface area contributed by atoms with E-state index >= 15 is 0 Å². The number of anilines is 1. The minimum atomic E-state index is -0.245. The fourth-order valence-electron chi connectivity index (χ4n) is 2.06. The summed E-state index contributed by atoms with van der Waals surface area (Å²) in [6.45, 7) is 4.40. The quantitative estimate of drug-likeness (QED) is 0.557. The van der Waals surface area contributed by atoms with Crippen molar-refractivity contribution in [1.29, 1.82) is 0 Å². The average molecular weight is 330 g/mol. The summed E-state index contributed by atoms with van der Waals surface area (Å²) in [5.74, 6) is 0. The minimum absolute atomic E-state index is 0.185. The van der Waals surface area contributed by atoms with Gasteiger partial charge in [-0.3, -0.25) is 4.90 Å². The van der Waals surface area contributed by atoms with Crippen LogP contribution in [0.15, 0.2) is 40.3 Å². The molecule has 0 aromatic heterocycles. The van der Waals surface area contributed by atoms with E-state index in [1.165, 1.54) is 12.2 Å². The largest absolute Gasteiger partial charge is 0.338 e. The second kappa shape index (κ2) is 10.9. The highest BCUT2D eigenvalue weighted by Crippen LogP contribution is 2.15. The maximum atomic E-state index is 12.5. The van der Waals surface area contributed by atoms with Gasteiger partial charge in [0.1, 0.15) is 0 Å². The number of carbonyl (C=O) groups excluding carboxylic acids is 3. The molecule has 2 amide bonds. The van der Waals surface area contributed by atoms with E-state index in [1.807, 2.05) is 30.3 Å². The molecule has 0 spiro atoms. The number of aliphatic imine (C=N–C) groups is 2. The number of nitrogens with zero attached hydrogens (tertiary/aromatic N) is 3. The fourth-order valence-corrected chi connectivity index (χ4v) is 2.06. The molecule has 1 aromatic rings. The molecule has 0 saturated heterocycles. The Balaban J connectivity index is 2.68. The SMILES string of the molecule is CC(CCNC(=O)N(CCC(C)N=C=O)c1ccccc1)N=C=O. The Kier molecular flexibility index (Phi) is 8.76. The second-order valence-electron chi connectivity index (χ2n) is 5.44. The van der Waals surface area contributed by atoms with E-state index < -0.39 is 0 Å². The summed E-state index contributed by atoms with van der Waals surface area (Å²) in [7, 11) is 0. The van der Waals surface area contributed by atoms with E-state index in [4.69, 9.17) is 0 Å². The number of nitrogens with one attached hydrogen (secondary N) is 1. The third-order valence-corrected chi connectivity index (χ3v) is 3.47. The van der Waals surface area contributed by atoms with Crippen LogP contribution < -0.4 is 10.2 Å². The van der Waals surface area contributed by atoms with Crippen molar-refractivity contribution < 1.29 is 14.4 Å². The molecule has 0 aliphatic rings. The van der Waals surface area contributed by atoms with Crippen LogP contribution in [-0.4, -0.2) is 43.4 Å². The van der Waals surface area contributed by atoms with E-state index in [9.17, 15) is 14.4 Å². The molecule has 7 nitrogen and oxygen atoms in total. The molecule has 0 fully saturated rings. The van der Waals surface area contributed by atoms with E-state index in [0.29, 0.717) is 25.9 Å². The second-order valence-corrected chi connectivity index (χ2v) is 5.44. The number of hydrogen-bond donors (Lipinski definition) is 1. The number of urea groups is 1. The summed E-state index contributed by atoms with van der Waals surface area (Å²) in [6, 6.07) is 8.62. The van der Waals surface area contributed by atoms with E-state index in [1.54, 1.807) is 18.7 Å². The predicted molar refractivity (Wildman–Crippen MR) is 91.6 cm³/mol. The Morgan fingerprint density at radius 3 is 2.25 bits per heavy atom. The summed E-state index contributed by atoms with van der Waals surface area (Å²) >= 11 is 0. The zero-order valence-corrected chi connectivity index (χ0v) is 13.9. The monoisotopic (exact) mass is 330 g/mol. The number of benzene rings is 1. The van der Waals surface area contributed by atoms with Crippen molar-refractivity contribution >= 4 is 23.9 Å². The van der Waals surface area contributed by atoms with Crippen LogP contribution in [0, 0.1) is 0 Å². The highest BCUT2D eigenvalue weighted by atomic mass is 16.2. The van der Waals surface area contributed by atoms with Gasteiger partial charge in [-0.05, 0) is 38.8 Å². The van der Waals surface area contributed by atoms with Crippen LogP contribution in [0.5, 0.6) is 0 Å². The predicted octanol–water partition coefficient (Wildman–Crippen LogP) is 2.43. The Bertz CT molecular complexity index is 608. The van der Waals surface area contributed by atoms with Gasteiger partial charge in [0.05, 0.1) is 12.1 Å². The maximum Gasteiger partial charge on any atom is 0.321 e. The standard InChI is InChI=1S/C17H22N4O3/c1-14(19-12-22)8-10-18-17(24)21(11-9-15(2)20-13-23)16-6-4-3-5-7-16/h3-7,14-15H,8-11H2,1-2H3,(H,18,24). The molecule has 24 heavy (non-hydrogen) atoms. The van der Waals surface area contributed by atoms with Crippen molar-refractivity contribution in [3.05, 3.63) is 30.3 Å². The Hall–Kier alpha value is -2.75. The first-order valence-corrected chi connectivity index (χ1v) is 7.82. The number of rotatable bonds is 9. The van der Waals surface area contributed by atoms with Gasteiger partial charge >= 0.3 is 6.03 Å². The number of hydrogen-bond acceptors (Lipinski definition) is 5. The van der Waals surface area contributed by atoms with Gasteiger partial charge in [0.25, 0.3) is 0 Å². The van der Waals surface area contributed by atoms with E-state index in [2.05, 4.69) is 15.3 Å². The first-order valence-electron chi connectivity index (χ1n) is 7.82. The summed E-state index contributed by atoms with van der Waals surface area (Å²) in [5.41, 5.74) is 0.760. The summed E-state index contributed by atoms with van der Waals surface area (Å²) in [4.78, 5) is 41.8. The van der Waals surface area contributed by atoms with Crippen LogP contribution in [0.3, 0.4) is 0 Å². The fraction of sp³-hybridized carbons (Fsp3) is 0.471. The van der Waals surface area contributed by atoms with Crippen molar-refractivity contribution in [2.24, 2.45) is 9.98 Å². The molecule has 0 bridgehead atoms. The molecule has 7 heteroatoms. The van der Waals surface area contributed by atoms with Gasteiger partial charge in [-0.25, -0.2) is 24.4 Å². The lowest BCUT2D eigenvalue weighted by atomic mass is 10.2. The molecule has 1 aromatic carbocycles. The first-order chi connectivity index (χ1) is 11.6. The zero-order valence-electron chi connectivity index (χ0n) is 13.9. The van der Waals surface area contributed by atoms with Crippen LogP contribution in [0.25, 0.3) is 0 Å². The van der Waals surface area contributed by atoms with Gasteiger partial charge in [-0.2, -0.15) is 0 Å². The first kappa shape index (κ1) is 19.3. The smallest absolute Gasteiger partial charge is 0.321 e. The van der Waals surface area contributed by atoms with Crippen LogP contribution in [-0.2, 0) is 9.59 Å². The molecule has 2 atom stereocenters. The average Bonchev–Trinajstić information content (AvgIpc) is 2.56. The number of amides is 2. The molecule has 0 saturated carbocycles. The summed E-state index contributed by atoms with van der Waals surface area (Å²) < 4.78 is 0. The normalized spacial score (nSPS) is 12.2. The lowest BCUT2D eigenvalue weighted by Crippen LogP contribution is -2.42. The van der Waals surface area contributed by atoms with Crippen LogP contribution in [0.4, 0.5) is 10.5 Å². The van der Waals surface area contributed by atoms with Crippen molar-refractivity contribution in [1.82, 2.24) is 5.32 Å². The summed E-state index contributed by atoms with van der Waals surface area (Å²) in [6.07, 6.45) is 4.14. The van der Waals surface area contributed by atoms with Gasteiger partial charge in [-0.15, -0.1) is 0 Å². The lowest BCUT2D eigenvalue weighted by Gasteiger charge is -2.24. The Morgan fingerprint density at radius 1 is 1.08 bits per heavy atom. The van der Waals surface area contributed by atoms with Crippen molar-refractivity contribution in [3.8, 4) is 0 Å². The molecule has 0 aliphatic carbocycles. The van der Waals surface area contributed by atoms with Gasteiger partial charge in [0.15, 0.2) is 0 Å². The van der Waals surface area contributed by atoms with E-state index in [-0.39, 0.29) is 18.1 Å². The number of carbonyl (C=O) groups is 1. The summed E-state index contributed by atoms with van der Waals surface area (Å²) in [5, 5.41) is 2.82. The molecular formula is C17H22N4O3. The molecule has 2 unspecified atom stereocenters. The molecule has 1 N–H and O–H groups in total. The number of isocyanates is 2. The molecule has 0 aliphatic heterocycles. The van der Waals surface area contributed by atoms with Gasteiger partial charge in [0.2, 0.25) is 12.2 Å². The Morgan fingerprint density at radius 2 is 1.67 bits per heavy atom. The lowest BCUT2D eigenvalue weighted by molar-refractivity contribution is 0.245. The van der Waals surface area contributed by atoms with Crippen LogP contribution in [0.1, 0.15) is 26.7 Å². The van der Waals surface area contributed by atoms with Crippen LogP contribution >= 0.6 is 0 Å². The van der Waals surface area contributed by atoms with Gasteiger partial charge in [-0.1, -0.05) is 18.2 Å². The van der Waals surface area contributed by atoms with Crippen molar-refractivity contribution in [2.75, 3.05) is 18.0 Å². The van der Waals surface area contributed by atoms with Crippen LogP contribution in [0.2, 0.25) is 0 Å². The molecule has 0 heterocycles.